The summed E-state index contributed by atoms with van der Waals surface area (Å²) in [7, 11) is 0. The van der Waals surface area contributed by atoms with Gasteiger partial charge in [0.2, 0.25) is 0 Å². The van der Waals surface area contributed by atoms with E-state index >= 15 is 0 Å². The maximum atomic E-state index is 6.69. The number of epoxide rings is 1. The van der Waals surface area contributed by atoms with Crippen molar-refractivity contribution in [3.63, 3.8) is 0 Å². The lowest BCUT2D eigenvalue weighted by Crippen LogP contribution is -2.64. The molecule has 42 heavy (non-hydrogen) atoms. The quantitative estimate of drug-likeness (QED) is 0.353. The summed E-state index contributed by atoms with van der Waals surface area (Å²) in [6, 6.07) is 30.0. The predicted molar refractivity (Wildman–Crippen MR) is 147 cm³/mol. The molecule has 9 heteroatoms. The van der Waals surface area contributed by atoms with E-state index in [0.29, 0.717) is 26.4 Å². The van der Waals surface area contributed by atoms with Crippen LogP contribution in [0.4, 0.5) is 0 Å². The first-order valence-corrected chi connectivity index (χ1v) is 14.7. The van der Waals surface area contributed by atoms with E-state index in [1.54, 1.807) is 0 Å². The second-order valence-electron chi connectivity index (χ2n) is 11.3. The van der Waals surface area contributed by atoms with E-state index < -0.39 is 37.0 Å². The first-order chi connectivity index (χ1) is 20.8. The molecule has 2 bridgehead atoms. The Morgan fingerprint density at radius 2 is 1.19 bits per heavy atom. The van der Waals surface area contributed by atoms with Gasteiger partial charge in [0.05, 0.1) is 26.4 Å². The molecule has 5 aliphatic heterocycles. The molecular formula is C33H34O9. The SMILES string of the molecule is c1ccc(CO[C@@H]2[C@@H](OCc3ccccc3)[C@H](O[C@H]3[C@@H]4O[C@@H]4[C@@H]4OC[C@H]3O4)O[C@@H]3CO[C@@H](c4ccccc4)O[C@@H]23)cc1. The van der Waals surface area contributed by atoms with Crippen LogP contribution in [0.5, 0.6) is 0 Å². The fraction of sp³-hybridized carbons (Fsp3) is 0.455. The lowest BCUT2D eigenvalue weighted by molar-refractivity contribution is -0.380. The molecule has 5 heterocycles. The van der Waals surface area contributed by atoms with Crippen molar-refractivity contribution in [3.8, 4) is 0 Å². The van der Waals surface area contributed by atoms with Crippen LogP contribution in [0, 0.1) is 0 Å². The predicted octanol–water partition coefficient (Wildman–Crippen LogP) is 3.90. The van der Waals surface area contributed by atoms with E-state index in [4.69, 9.17) is 42.6 Å². The summed E-state index contributed by atoms with van der Waals surface area (Å²) < 4.78 is 57.0. The van der Waals surface area contributed by atoms with Gasteiger partial charge >= 0.3 is 0 Å². The Balaban J connectivity index is 1.09. The highest BCUT2D eigenvalue weighted by atomic mass is 16.8. The Bertz CT molecular complexity index is 1310. The Morgan fingerprint density at radius 3 is 1.90 bits per heavy atom. The van der Waals surface area contributed by atoms with Gasteiger partial charge in [-0.3, -0.25) is 0 Å². The van der Waals surface area contributed by atoms with Gasteiger partial charge in [-0.2, -0.15) is 0 Å². The molecule has 5 saturated heterocycles. The molecule has 220 valence electrons. The molecular weight excluding hydrogens is 540 g/mol. The van der Waals surface area contributed by atoms with Crippen molar-refractivity contribution in [2.24, 2.45) is 0 Å². The van der Waals surface area contributed by atoms with Crippen molar-refractivity contribution in [3.05, 3.63) is 108 Å². The third kappa shape index (κ3) is 5.41. The number of hydrogen-bond acceptors (Lipinski definition) is 9. The van der Waals surface area contributed by atoms with Crippen molar-refractivity contribution in [2.75, 3.05) is 13.2 Å². The molecule has 0 unspecified atom stereocenters. The monoisotopic (exact) mass is 574 g/mol. The maximum Gasteiger partial charge on any atom is 0.187 e. The van der Waals surface area contributed by atoms with Crippen molar-refractivity contribution < 1.29 is 42.6 Å². The normalized spacial score (nSPS) is 38.4. The second kappa shape index (κ2) is 11.8. The zero-order valence-corrected chi connectivity index (χ0v) is 23.0. The summed E-state index contributed by atoms with van der Waals surface area (Å²) in [5, 5.41) is 0. The standard InChI is InChI=1S/C33H34O9/c1-4-10-20(11-5-1)16-34-27-25-23(18-36-31(41-25)22-14-8-3-9-15-22)39-33(29(27)35-17-21-12-6-2-7-13-21)42-26-24-19-37-32(38-24)30-28(26)40-30/h1-15,23-33H,16-19H2/t23-,24-,25-,26-,27+,28+,29-,30+,31-,32-,33+/m1/s1. The van der Waals surface area contributed by atoms with Crippen LogP contribution in [-0.4, -0.2) is 74.6 Å². The van der Waals surface area contributed by atoms with Gasteiger partial charge in [0, 0.05) is 5.56 Å². The fourth-order valence-corrected chi connectivity index (χ4v) is 6.27. The van der Waals surface area contributed by atoms with Crippen LogP contribution in [0.15, 0.2) is 91.0 Å². The van der Waals surface area contributed by atoms with Crippen LogP contribution in [-0.2, 0) is 55.8 Å². The summed E-state index contributed by atoms with van der Waals surface area (Å²) >= 11 is 0. The van der Waals surface area contributed by atoms with E-state index in [2.05, 4.69) is 0 Å². The minimum Gasteiger partial charge on any atom is -0.368 e. The third-order valence-corrected chi connectivity index (χ3v) is 8.47. The van der Waals surface area contributed by atoms with Gasteiger partial charge < -0.3 is 42.6 Å². The first-order valence-electron chi connectivity index (χ1n) is 14.7. The molecule has 5 aliphatic rings. The molecule has 0 radical (unpaired) electrons. The van der Waals surface area contributed by atoms with E-state index in [9.17, 15) is 0 Å². The topological polar surface area (TPSA) is 86.4 Å². The number of hydrogen-bond donors (Lipinski definition) is 0. The Labute approximate surface area is 244 Å². The number of ether oxygens (including phenoxy) is 9. The summed E-state index contributed by atoms with van der Waals surface area (Å²) in [5.41, 5.74) is 3.02. The molecule has 3 aromatic rings. The highest BCUT2D eigenvalue weighted by molar-refractivity contribution is 5.18. The van der Waals surface area contributed by atoms with Gasteiger partial charge in [-0.05, 0) is 11.1 Å². The van der Waals surface area contributed by atoms with Crippen LogP contribution in [0.3, 0.4) is 0 Å². The average Bonchev–Trinajstić information content (AvgIpc) is 3.74. The van der Waals surface area contributed by atoms with Crippen molar-refractivity contribution in [1.29, 1.82) is 0 Å². The maximum absolute atomic E-state index is 6.69. The zero-order valence-electron chi connectivity index (χ0n) is 23.0. The van der Waals surface area contributed by atoms with Crippen molar-refractivity contribution >= 4 is 0 Å². The summed E-state index contributed by atoms with van der Waals surface area (Å²) in [5.74, 6) is 0. The van der Waals surface area contributed by atoms with Gasteiger partial charge in [0.1, 0.15) is 48.8 Å². The van der Waals surface area contributed by atoms with Gasteiger partial charge in [0.15, 0.2) is 18.9 Å². The van der Waals surface area contributed by atoms with Crippen molar-refractivity contribution in [1.82, 2.24) is 0 Å². The highest BCUT2D eigenvalue weighted by Crippen LogP contribution is 2.45. The fourth-order valence-electron chi connectivity index (χ4n) is 6.27. The van der Waals surface area contributed by atoms with Crippen LogP contribution in [0.1, 0.15) is 23.0 Å². The molecule has 0 spiro atoms. The van der Waals surface area contributed by atoms with Gasteiger partial charge in [-0.1, -0.05) is 91.0 Å². The first kappa shape index (κ1) is 26.9. The molecule has 8 rings (SSSR count). The highest BCUT2D eigenvalue weighted by Gasteiger charge is 2.63. The second-order valence-corrected chi connectivity index (χ2v) is 11.3. The zero-order chi connectivity index (χ0) is 27.9. The lowest BCUT2D eigenvalue weighted by Gasteiger charge is -2.49. The summed E-state index contributed by atoms with van der Waals surface area (Å²) in [4.78, 5) is 0. The van der Waals surface area contributed by atoms with Crippen LogP contribution in [0.2, 0.25) is 0 Å². The van der Waals surface area contributed by atoms with E-state index in [0.717, 1.165) is 16.7 Å². The van der Waals surface area contributed by atoms with E-state index in [1.807, 2.05) is 91.0 Å². The van der Waals surface area contributed by atoms with Crippen LogP contribution in [0.25, 0.3) is 0 Å². The number of rotatable bonds is 9. The number of fused-ring (bicyclic) bond motifs is 5. The lowest BCUT2D eigenvalue weighted by atomic mass is 9.96. The van der Waals surface area contributed by atoms with Gasteiger partial charge in [-0.25, -0.2) is 0 Å². The van der Waals surface area contributed by atoms with Crippen molar-refractivity contribution in [2.45, 2.75) is 80.9 Å². The molecule has 9 nitrogen and oxygen atoms in total. The molecule has 3 aromatic carbocycles. The molecule has 0 N–H and O–H groups in total. The van der Waals surface area contributed by atoms with E-state index in [1.165, 1.54) is 0 Å². The number of benzene rings is 3. The molecule has 0 saturated carbocycles. The minimum absolute atomic E-state index is 0.0997. The molecule has 0 aliphatic carbocycles. The molecule has 5 fully saturated rings. The average molecular weight is 575 g/mol. The van der Waals surface area contributed by atoms with Crippen LogP contribution >= 0.6 is 0 Å². The third-order valence-electron chi connectivity index (χ3n) is 8.47. The summed E-state index contributed by atoms with van der Waals surface area (Å²) in [6.45, 7) is 1.51. The minimum atomic E-state index is -0.771. The Kier molecular flexibility index (Phi) is 7.53. The van der Waals surface area contributed by atoms with Gasteiger partial charge in [0.25, 0.3) is 0 Å². The smallest absolute Gasteiger partial charge is 0.187 e. The Hall–Kier alpha value is -2.70. The summed E-state index contributed by atoms with van der Waals surface area (Å²) in [6.07, 6.45) is -4.46. The Morgan fingerprint density at radius 1 is 0.548 bits per heavy atom. The largest absolute Gasteiger partial charge is 0.368 e. The van der Waals surface area contributed by atoms with Crippen LogP contribution < -0.4 is 0 Å². The molecule has 0 aromatic heterocycles. The molecule has 0 amide bonds. The van der Waals surface area contributed by atoms with E-state index in [-0.39, 0.29) is 30.7 Å². The van der Waals surface area contributed by atoms with Gasteiger partial charge in [-0.15, -0.1) is 0 Å². The molecule has 11 atom stereocenters.